The van der Waals surface area contributed by atoms with Crippen LogP contribution in [0, 0.1) is 20.8 Å². The SMILES string of the molecule is Cc1c(Cl)cccc1NCC(=O)c1cc(C)n(C2CC2)c1C. The van der Waals surface area contributed by atoms with Gasteiger partial charge in [0.15, 0.2) is 5.78 Å². The molecule has 22 heavy (non-hydrogen) atoms. The fourth-order valence-corrected chi connectivity index (χ4v) is 3.20. The summed E-state index contributed by atoms with van der Waals surface area (Å²) in [5.74, 6) is 0.124. The molecule has 4 heteroatoms. The molecule has 0 spiro atoms. The number of aryl methyl sites for hydroxylation is 1. The largest absolute Gasteiger partial charge is 0.377 e. The smallest absolute Gasteiger partial charge is 0.183 e. The van der Waals surface area contributed by atoms with Gasteiger partial charge in [0.1, 0.15) is 0 Å². The molecule has 3 rings (SSSR count). The predicted molar refractivity (Wildman–Crippen MR) is 91.2 cm³/mol. The van der Waals surface area contributed by atoms with E-state index >= 15 is 0 Å². The summed E-state index contributed by atoms with van der Waals surface area (Å²) >= 11 is 6.11. The van der Waals surface area contributed by atoms with E-state index in [-0.39, 0.29) is 12.3 Å². The number of carbonyl (C=O) groups is 1. The molecular formula is C18H21ClN2O. The molecule has 1 heterocycles. The summed E-state index contributed by atoms with van der Waals surface area (Å²) in [6.07, 6.45) is 2.45. The van der Waals surface area contributed by atoms with Gasteiger partial charge in [-0.1, -0.05) is 17.7 Å². The Labute approximate surface area is 136 Å². The van der Waals surface area contributed by atoms with Crippen molar-refractivity contribution in [2.24, 2.45) is 0 Å². The van der Waals surface area contributed by atoms with Crippen LogP contribution in [0.2, 0.25) is 5.02 Å². The molecule has 1 fully saturated rings. The zero-order chi connectivity index (χ0) is 15.9. The molecule has 0 bridgehead atoms. The third kappa shape index (κ3) is 2.78. The highest BCUT2D eigenvalue weighted by molar-refractivity contribution is 6.31. The number of nitrogens with zero attached hydrogens (tertiary/aromatic N) is 1. The highest BCUT2D eigenvalue weighted by Crippen LogP contribution is 2.38. The first-order chi connectivity index (χ1) is 10.5. The average Bonchev–Trinajstić information content (AvgIpc) is 3.26. The zero-order valence-corrected chi connectivity index (χ0v) is 14.0. The van der Waals surface area contributed by atoms with Crippen LogP contribution in [0.1, 0.15) is 46.2 Å². The lowest BCUT2D eigenvalue weighted by molar-refractivity contribution is 0.101. The normalized spacial score (nSPS) is 14.2. The summed E-state index contributed by atoms with van der Waals surface area (Å²) in [4.78, 5) is 12.5. The Morgan fingerprint density at radius 1 is 1.32 bits per heavy atom. The van der Waals surface area contributed by atoms with Gasteiger partial charge in [-0.3, -0.25) is 4.79 Å². The minimum absolute atomic E-state index is 0.124. The van der Waals surface area contributed by atoms with Gasteiger partial charge in [0.2, 0.25) is 0 Å². The van der Waals surface area contributed by atoms with Gasteiger partial charge < -0.3 is 9.88 Å². The summed E-state index contributed by atoms with van der Waals surface area (Å²) < 4.78 is 2.30. The molecule has 1 aromatic carbocycles. The first kappa shape index (κ1) is 15.2. The second-order valence-corrected chi connectivity index (χ2v) is 6.48. The average molecular weight is 317 g/mol. The van der Waals surface area contributed by atoms with Crippen LogP contribution in [0.5, 0.6) is 0 Å². The lowest BCUT2D eigenvalue weighted by atomic mass is 10.1. The number of ketones is 1. The van der Waals surface area contributed by atoms with Crippen LogP contribution in [0.3, 0.4) is 0 Å². The van der Waals surface area contributed by atoms with E-state index in [9.17, 15) is 4.79 Å². The van der Waals surface area contributed by atoms with Crippen molar-refractivity contribution in [3.05, 3.63) is 51.8 Å². The Hall–Kier alpha value is -1.74. The summed E-state index contributed by atoms with van der Waals surface area (Å²) in [5, 5.41) is 3.92. The van der Waals surface area contributed by atoms with Crippen molar-refractivity contribution < 1.29 is 4.79 Å². The molecule has 2 aromatic rings. The molecule has 0 amide bonds. The number of hydrogen-bond donors (Lipinski definition) is 1. The minimum atomic E-state index is 0.124. The topological polar surface area (TPSA) is 34.0 Å². The van der Waals surface area contributed by atoms with Crippen molar-refractivity contribution in [1.29, 1.82) is 0 Å². The molecule has 1 aliphatic carbocycles. The monoisotopic (exact) mass is 316 g/mol. The summed E-state index contributed by atoms with van der Waals surface area (Å²) in [6, 6.07) is 8.31. The molecule has 1 aromatic heterocycles. The van der Waals surface area contributed by atoms with E-state index in [1.807, 2.05) is 38.1 Å². The van der Waals surface area contributed by atoms with Gasteiger partial charge in [0.05, 0.1) is 6.54 Å². The number of rotatable bonds is 5. The number of aromatic nitrogens is 1. The summed E-state index contributed by atoms with van der Waals surface area (Å²) in [6.45, 7) is 6.37. The number of hydrogen-bond acceptors (Lipinski definition) is 2. The molecule has 1 N–H and O–H groups in total. The number of anilines is 1. The molecule has 116 valence electrons. The van der Waals surface area contributed by atoms with E-state index < -0.39 is 0 Å². The van der Waals surface area contributed by atoms with Crippen LogP contribution in [-0.2, 0) is 0 Å². The van der Waals surface area contributed by atoms with Gasteiger partial charge in [-0.25, -0.2) is 0 Å². The van der Waals surface area contributed by atoms with Crippen LogP contribution < -0.4 is 5.32 Å². The van der Waals surface area contributed by atoms with Gasteiger partial charge in [-0.2, -0.15) is 0 Å². The van der Waals surface area contributed by atoms with Crippen LogP contribution in [0.15, 0.2) is 24.3 Å². The van der Waals surface area contributed by atoms with Crippen molar-refractivity contribution in [1.82, 2.24) is 4.57 Å². The fraction of sp³-hybridized carbons (Fsp3) is 0.389. The zero-order valence-electron chi connectivity index (χ0n) is 13.2. The fourth-order valence-electron chi connectivity index (χ4n) is 3.02. The van der Waals surface area contributed by atoms with E-state index in [1.165, 1.54) is 18.5 Å². The van der Waals surface area contributed by atoms with E-state index in [4.69, 9.17) is 11.6 Å². The lowest BCUT2D eigenvalue weighted by Crippen LogP contribution is -2.15. The first-order valence-corrected chi connectivity index (χ1v) is 8.07. The summed E-state index contributed by atoms with van der Waals surface area (Å²) in [5.41, 5.74) is 4.99. The minimum Gasteiger partial charge on any atom is -0.377 e. The van der Waals surface area contributed by atoms with Crippen LogP contribution in [-0.4, -0.2) is 16.9 Å². The van der Waals surface area contributed by atoms with Gasteiger partial charge in [-0.15, -0.1) is 0 Å². The third-order valence-corrected chi connectivity index (χ3v) is 4.81. The van der Waals surface area contributed by atoms with Crippen molar-refractivity contribution in [3.63, 3.8) is 0 Å². The number of halogens is 1. The molecule has 0 radical (unpaired) electrons. The van der Waals surface area contributed by atoms with Gasteiger partial charge in [0.25, 0.3) is 0 Å². The Bertz CT molecular complexity index is 729. The lowest BCUT2D eigenvalue weighted by Gasteiger charge is -2.10. The van der Waals surface area contributed by atoms with E-state index in [0.717, 1.165) is 22.5 Å². The molecule has 1 saturated carbocycles. The Morgan fingerprint density at radius 3 is 2.73 bits per heavy atom. The Kier molecular flexibility index (Phi) is 4.00. The molecule has 0 saturated heterocycles. The maximum atomic E-state index is 12.5. The van der Waals surface area contributed by atoms with Crippen LogP contribution in [0.25, 0.3) is 0 Å². The summed E-state index contributed by atoms with van der Waals surface area (Å²) in [7, 11) is 0. The first-order valence-electron chi connectivity index (χ1n) is 7.69. The van der Waals surface area contributed by atoms with Crippen molar-refractivity contribution in [3.8, 4) is 0 Å². The predicted octanol–water partition coefficient (Wildman–Crippen LogP) is 4.70. The van der Waals surface area contributed by atoms with E-state index in [2.05, 4.69) is 16.8 Å². The van der Waals surface area contributed by atoms with Crippen molar-refractivity contribution in [2.45, 2.75) is 39.7 Å². The number of carbonyl (C=O) groups excluding carboxylic acids is 1. The number of benzene rings is 1. The van der Waals surface area contributed by atoms with Crippen molar-refractivity contribution in [2.75, 3.05) is 11.9 Å². The van der Waals surface area contributed by atoms with Gasteiger partial charge >= 0.3 is 0 Å². The highest BCUT2D eigenvalue weighted by atomic mass is 35.5. The standard InChI is InChI=1S/C18H21ClN2O/c1-11-9-15(13(3)21(11)14-7-8-14)18(22)10-20-17-6-4-5-16(19)12(17)2/h4-6,9,14,20H,7-8,10H2,1-3H3. The number of nitrogens with one attached hydrogen (secondary N) is 1. The maximum Gasteiger partial charge on any atom is 0.183 e. The third-order valence-electron chi connectivity index (χ3n) is 4.40. The van der Waals surface area contributed by atoms with E-state index in [0.29, 0.717) is 11.1 Å². The van der Waals surface area contributed by atoms with Gasteiger partial charge in [0, 0.05) is 33.7 Å². The number of Topliss-reactive ketones (excluding diaryl/α,β-unsaturated/α-hetero) is 1. The van der Waals surface area contributed by atoms with Crippen molar-refractivity contribution >= 4 is 23.1 Å². The molecular weight excluding hydrogens is 296 g/mol. The molecule has 0 unspecified atom stereocenters. The Morgan fingerprint density at radius 2 is 2.05 bits per heavy atom. The quantitative estimate of drug-likeness (QED) is 0.811. The molecule has 1 aliphatic rings. The van der Waals surface area contributed by atoms with Gasteiger partial charge in [-0.05, 0) is 57.4 Å². The molecule has 0 atom stereocenters. The second-order valence-electron chi connectivity index (χ2n) is 6.08. The Balaban J connectivity index is 1.75. The molecule has 3 nitrogen and oxygen atoms in total. The van der Waals surface area contributed by atoms with Crippen LogP contribution in [0.4, 0.5) is 5.69 Å². The van der Waals surface area contributed by atoms with Crippen LogP contribution >= 0.6 is 11.6 Å². The highest BCUT2D eigenvalue weighted by Gasteiger charge is 2.28. The maximum absolute atomic E-state index is 12.5. The molecule has 0 aliphatic heterocycles. The second kappa shape index (κ2) is 5.81. The van der Waals surface area contributed by atoms with E-state index in [1.54, 1.807) is 0 Å².